The van der Waals surface area contributed by atoms with Crippen molar-refractivity contribution >= 4 is 15.9 Å². The van der Waals surface area contributed by atoms with Crippen LogP contribution in [0.4, 0.5) is 0 Å². The van der Waals surface area contributed by atoms with Gasteiger partial charge in [-0.1, -0.05) is 6.07 Å². The van der Waals surface area contributed by atoms with E-state index in [0.29, 0.717) is 0 Å². The molecule has 2 nitrogen and oxygen atoms in total. The molecule has 0 saturated heterocycles. The van der Waals surface area contributed by atoms with Crippen LogP contribution in [0.25, 0.3) is 0 Å². The standard InChI is InChI=1S/C10H15BrN2/c1-10(2,12-3)7-8-5-4-6-9(11)13-8/h4-6,12H,7H2,1-3H3. The molecule has 0 atom stereocenters. The Morgan fingerprint density at radius 1 is 1.46 bits per heavy atom. The van der Waals surface area contributed by atoms with E-state index in [2.05, 4.69) is 40.1 Å². The molecule has 1 N–H and O–H groups in total. The number of likely N-dealkylation sites (N-methyl/N-ethyl adjacent to an activating group) is 1. The Hall–Kier alpha value is -0.410. The highest BCUT2D eigenvalue weighted by Crippen LogP contribution is 2.12. The van der Waals surface area contributed by atoms with Gasteiger partial charge in [-0.25, -0.2) is 4.98 Å². The Labute approximate surface area is 87.9 Å². The SMILES string of the molecule is CNC(C)(C)Cc1cccc(Br)n1. The fourth-order valence-electron chi connectivity index (χ4n) is 1.09. The molecule has 0 aromatic carbocycles. The van der Waals surface area contributed by atoms with Gasteiger partial charge >= 0.3 is 0 Å². The van der Waals surface area contributed by atoms with Crippen LogP contribution < -0.4 is 5.32 Å². The first-order valence-corrected chi connectivity index (χ1v) is 5.13. The minimum Gasteiger partial charge on any atom is -0.314 e. The minimum absolute atomic E-state index is 0.105. The molecule has 0 amide bonds. The third-order valence-corrected chi connectivity index (χ3v) is 2.51. The molecule has 3 heteroatoms. The second-order valence-electron chi connectivity index (χ2n) is 3.76. The van der Waals surface area contributed by atoms with Crippen molar-refractivity contribution in [2.45, 2.75) is 25.8 Å². The molecule has 0 unspecified atom stereocenters. The predicted molar refractivity (Wildman–Crippen MR) is 58.8 cm³/mol. The largest absolute Gasteiger partial charge is 0.314 e. The molecule has 1 aromatic rings. The lowest BCUT2D eigenvalue weighted by atomic mass is 9.98. The average molecular weight is 243 g/mol. The molecule has 0 spiro atoms. The van der Waals surface area contributed by atoms with Crippen LogP contribution in [0.1, 0.15) is 19.5 Å². The molecule has 0 aliphatic rings. The van der Waals surface area contributed by atoms with E-state index in [1.165, 1.54) is 0 Å². The van der Waals surface area contributed by atoms with Gasteiger partial charge in [0.2, 0.25) is 0 Å². The van der Waals surface area contributed by atoms with E-state index in [0.717, 1.165) is 16.7 Å². The highest BCUT2D eigenvalue weighted by molar-refractivity contribution is 9.10. The smallest absolute Gasteiger partial charge is 0.106 e. The van der Waals surface area contributed by atoms with Gasteiger partial charge in [-0.15, -0.1) is 0 Å². The predicted octanol–water partition coefficient (Wildman–Crippen LogP) is 2.38. The molecular weight excluding hydrogens is 228 g/mol. The number of halogens is 1. The van der Waals surface area contributed by atoms with Gasteiger partial charge in [0, 0.05) is 17.7 Å². The molecule has 72 valence electrons. The monoisotopic (exact) mass is 242 g/mol. The van der Waals surface area contributed by atoms with Crippen LogP contribution in [0.5, 0.6) is 0 Å². The van der Waals surface area contributed by atoms with Gasteiger partial charge in [-0.05, 0) is 49.0 Å². The number of pyridine rings is 1. The van der Waals surface area contributed by atoms with Crippen molar-refractivity contribution in [1.29, 1.82) is 0 Å². The lowest BCUT2D eigenvalue weighted by molar-refractivity contribution is 0.417. The first kappa shape index (κ1) is 10.7. The van der Waals surface area contributed by atoms with Crippen molar-refractivity contribution < 1.29 is 0 Å². The zero-order valence-corrected chi connectivity index (χ0v) is 9.85. The van der Waals surface area contributed by atoms with Gasteiger partial charge in [-0.2, -0.15) is 0 Å². The fourth-order valence-corrected chi connectivity index (χ4v) is 1.47. The second-order valence-corrected chi connectivity index (χ2v) is 4.57. The summed E-state index contributed by atoms with van der Waals surface area (Å²) < 4.78 is 0.900. The van der Waals surface area contributed by atoms with E-state index < -0.39 is 0 Å². The summed E-state index contributed by atoms with van der Waals surface area (Å²) >= 11 is 3.36. The highest BCUT2D eigenvalue weighted by Gasteiger charge is 2.15. The summed E-state index contributed by atoms with van der Waals surface area (Å²) in [6, 6.07) is 6.00. The summed E-state index contributed by atoms with van der Waals surface area (Å²) in [5, 5.41) is 3.25. The van der Waals surface area contributed by atoms with Gasteiger partial charge in [0.15, 0.2) is 0 Å². The number of rotatable bonds is 3. The summed E-state index contributed by atoms with van der Waals surface area (Å²) in [6.45, 7) is 4.32. The van der Waals surface area contributed by atoms with Crippen LogP contribution in [-0.4, -0.2) is 17.6 Å². The Kier molecular flexibility index (Phi) is 3.45. The Bertz CT molecular complexity index is 284. The highest BCUT2D eigenvalue weighted by atomic mass is 79.9. The molecule has 0 fully saturated rings. The average Bonchev–Trinajstić information content (AvgIpc) is 2.03. The van der Waals surface area contributed by atoms with Crippen molar-refractivity contribution in [2.75, 3.05) is 7.05 Å². The van der Waals surface area contributed by atoms with E-state index >= 15 is 0 Å². The number of hydrogen-bond acceptors (Lipinski definition) is 2. The Balaban J connectivity index is 2.74. The third-order valence-electron chi connectivity index (χ3n) is 2.07. The minimum atomic E-state index is 0.105. The third kappa shape index (κ3) is 3.44. The Morgan fingerprint density at radius 2 is 2.15 bits per heavy atom. The molecule has 0 aliphatic carbocycles. The molecule has 1 rings (SSSR count). The van der Waals surface area contributed by atoms with E-state index in [-0.39, 0.29) is 5.54 Å². The summed E-state index contributed by atoms with van der Waals surface area (Å²) in [6.07, 6.45) is 0.933. The zero-order valence-electron chi connectivity index (χ0n) is 8.26. The van der Waals surface area contributed by atoms with E-state index in [9.17, 15) is 0 Å². The van der Waals surface area contributed by atoms with Crippen molar-refractivity contribution in [3.63, 3.8) is 0 Å². The normalized spacial score (nSPS) is 11.7. The van der Waals surface area contributed by atoms with Crippen molar-refractivity contribution in [3.05, 3.63) is 28.5 Å². The van der Waals surface area contributed by atoms with Crippen LogP contribution in [0.15, 0.2) is 22.8 Å². The second kappa shape index (κ2) is 4.20. The molecule has 0 bridgehead atoms. The number of nitrogens with one attached hydrogen (secondary N) is 1. The molecule has 0 aliphatic heterocycles. The van der Waals surface area contributed by atoms with Crippen LogP contribution in [0.2, 0.25) is 0 Å². The van der Waals surface area contributed by atoms with Gasteiger partial charge < -0.3 is 5.32 Å². The number of aromatic nitrogens is 1. The summed E-state index contributed by atoms with van der Waals surface area (Å²) in [4.78, 5) is 4.38. The van der Waals surface area contributed by atoms with Gasteiger partial charge in [0.25, 0.3) is 0 Å². The maximum atomic E-state index is 4.38. The van der Waals surface area contributed by atoms with Gasteiger partial charge in [-0.3, -0.25) is 0 Å². The van der Waals surface area contributed by atoms with Crippen molar-refractivity contribution in [1.82, 2.24) is 10.3 Å². The van der Waals surface area contributed by atoms with E-state index in [1.54, 1.807) is 0 Å². The molecule has 13 heavy (non-hydrogen) atoms. The topological polar surface area (TPSA) is 24.9 Å². The Morgan fingerprint density at radius 3 is 2.69 bits per heavy atom. The summed E-state index contributed by atoms with van der Waals surface area (Å²) in [7, 11) is 1.97. The number of hydrogen-bond donors (Lipinski definition) is 1. The van der Waals surface area contributed by atoms with E-state index in [1.807, 2.05) is 25.2 Å². The summed E-state index contributed by atoms with van der Waals surface area (Å²) in [5.74, 6) is 0. The van der Waals surface area contributed by atoms with Crippen molar-refractivity contribution in [2.24, 2.45) is 0 Å². The molecule has 1 heterocycles. The number of nitrogens with zero attached hydrogens (tertiary/aromatic N) is 1. The van der Waals surface area contributed by atoms with Crippen LogP contribution in [0.3, 0.4) is 0 Å². The van der Waals surface area contributed by atoms with Gasteiger partial charge in [0.05, 0.1) is 0 Å². The maximum Gasteiger partial charge on any atom is 0.106 e. The molecule has 0 saturated carbocycles. The van der Waals surface area contributed by atoms with Crippen LogP contribution in [-0.2, 0) is 6.42 Å². The van der Waals surface area contributed by atoms with Crippen LogP contribution in [0, 0.1) is 0 Å². The maximum absolute atomic E-state index is 4.38. The quantitative estimate of drug-likeness (QED) is 0.824. The lowest BCUT2D eigenvalue weighted by Gasteiger charge is -2.23. The first-order chi connectivity index (χ1) is 6.03. The zero-order chi connectivity index (χ0) is 9.90. The van der Waals surface area contributed by atoms with E-state index in [4.69, 9.17) is 0 Å². The first-order valence-electron chi connectivity index (χ1n) is 4.34. The van der Waals surface area contributed by atoms with Gasteiger partial charge in [0.1, 0.15) is 4.60 Å². The summed E-state index contributed by atoms with van der Waals surface area (Å²) in [5.41, 5.74) is 1.21. The molecule has 1 aromatic heterocycles. The molecular formula is C10H15BrN2. The lowest BCUT2D eigenvalue weighted by Crippen LogP contribution is -2.38. The molecule has 0 radical (unpaired) electrons. The van der Waals surface area contributed by atoms with Crippen molar-refractivity contribution in [3.8, 4) is 0 Å². The fraction of sp³-hybridized carbons (Fsp3) is 0.500. The van der Waals surface area contributed by atoms with Crippen LogP contribution >= 0.6 is 15.9 Å².